The quantitative estimate of drug-likeness (QED) is 0.900. The van der Waals surface area contributed by atoms with Crippen LogP contribution in [0.25, 0.3) is 0 Å². The molecule has 1 amide bonds. The van der Waals surface area contributed by atoms with Crippen LogP contribution >= 0.6 is 0 Å². The molecule has 1 aliphatic carbocycles. The van der Waals surface area contributed by atoms with Crippen molar-refractivity contribution in [3.05, 3.63) is 18.2 Å². The molecule has 21 heavy (non-hydrogen) atoms. The summed E-state index contributed by atoms with van der Waals surface area (Å²) in [7, 11) is 0. The Labute approximate surface area is 123 Å². The van der Waals surface area contributed by atoms with E-state index in [9.17, 15) is 14.7 Å². The van der Waals surface area contributed by atoms with Gasteiger partial charge in [0.15, 0.2) is 0 Å². The summed E-state index contributed by atoms with van der Waals surface area (Å²) in [4.78, 5) is 29.9. The summed E-state index contributed by atoms with van der Waals surface area (Å²) in [6, 6.07) is 0.0456. The van der Waals surface area contributed by atoms with Gasteiger partial charge in [-0.3, -0.25) is 9.59 Å². The number of carbonyl (C=O) groups excluding carboxylic acids is 1. The SMILES string of the molecule is CCCN1C(=O)CCC(C(=O)O)C1c1cncn1C1CC1. The molecule has 1 aliphatic heterocycles. The van der Waals surface area contributed by atoms with Crippen molar-refractivity contribution < 1.29 is 14.7 Å². The molecule has 1 saturated carbocycles. The number of amides is 1. The van der Waals surface area contributed by atoms with Crippen LogP contribution in [0.15, 0.2) is 12.5 Å². The number of rotatable bonds is 5. The molecule has 0 radical (unpaired) electrons. The molecule has 1 aromatic heterocycles. The smallest absolute Gasteiger partial charge is 0.309 e. The van der Waals surface area contributed by atoms with E-state index in [0.717, 1.165) is 25.0 Å². The van der Waals surface area contributed by atoms with E-state index < -0.39 is 11.9 Å². The van der Waals surface area contributed by atoms with Crippen molar-refractivity contribution in [2.45, 2.75) is 51.1 Å². The maximum atomic E-state index is 12.3. The van der Waals surface area contributed by atoms with Crippen LogP contribution in [-0.2, 0) is 9.59 Å². The molecule has 114 valence electrons. The van der Waals surface area contributed by atoms with Crippen molar-refractivity contribution in [3.63, 3.8) is 0 Å². The summed E-state index contributed by atoms with van der Waals surface area (Å²) in [5.41, 5.74) is 0.881. The first-order valence-electron chi connectivity index (χ1n) is 7.67. The summed E-state index contributed by atoms with van der Waals surface area (Å²) in [6.45, 7) is 2.61. The molecule has 0 bridgehead atoms. The normalized spacial score (nSPS) is 26.1. The van der Waals surface area contributed by atoms with Crippen LogP contribution in [0.5, 0.6) is 0 Å². The van der Waals surface area contributed by atoms with Gasteiger partial charge in [-0.1, -0.05) is 6.92 Å². The predicted octanol–water partition coefficient (Wildman–Crippen LogP) is 1.99. The fraction of sp³-hybridized carbons (Fsp3) is 0.667. The number of aliphatic carboxylic acids is 1. The molecular weight excluding hydrogens is 270 g/mol. The Morgan fingerprint density at radius 3 is 2.81 bits per heavy atom. The van der Waals surface area contributed by atoms with E-state index >= 15 is 0 Å². The molecule has 2 aliphatic rings. The Hall–Kier alpha value is -1.85. The molecule has 1 aromatic rings. The Kier molecular flexibility index (Phi) is 3.69. The molecule has 2 fully saturated rings. The number of hydrogen-bond acceptors (Lipinski definition) is 3. The van der Waals surface area contributed by atoms with Gasteiger partial charge in [0.25, 0.3) is 0 Å². The number of imidazole rings is 1. The summed E-state index contributed by atoms with van der Waals surface area (Å²) >= 11 is 0. The predicted molar refractivity (Wildman–Crippen MR) is 75.6 cm³/mol. The van der Waals surface area contributed by atoms with Crippen molar-refractivity contribution in [2.24, 2.45) is 5.92 Å². The van der Waals surface area contributed by atoms with Gasteiger partial charge in [0.1, 0.15) is 0 Å². The van der Waals surface area contributed by atoms with Crippen molar-refractivity contribution in [1.29, 1.82) is 0 Å². The monoisotopic (exact) mass is 291 g/mol. The molecule has 0 aromatic carbocycles. The summed E-state index contributed by atoms with van der Waals surface area (Å²) < 4.78 is 2.07. The molecule has 3 rings (SSSR count). The minimum absolute atomic E-state index is 0.0582. The van der Waals surface area contributed by atoms with Crippen LogP contribution in [0.4, 0.5) is 0 Å². The average molecular weight is 291 g/mol. The molecule has 1 N–H and O–H groups in total. The zero-order chi connectivity index (χ0) is 15.0. The van der Waals surface area contributed by atoms with Gasteiger partial charge in [-0.05, 0) is 25.7 Å². The van der Waals surface area contributed by atoms with E-state index in [4.69, 9.17) is 0 Å². The van der Waals surface area contributed by atoms with Crippen LogP contribution in [0, 0.1) is 5.92 Å². The lowest BCUT2D eigenvalue weighted by Gasteiger charge is -2.39. The molecule has 6 heteroatoms. The number of likely N-dealkylation sites (tertiary alicyclic amines) is 1. The van der Waals surface area contributed by atoms with E-state index in [0.29, 0.717) is 25.4 Å². The number of carboxylic acids is 1. The molecule has 0 spiro atoms. The maximum absolute atomic E-state index is 12.3. The third kappa shape index (κ3) is 2.54. The standard InChI is InChI=1S/C15H21N3O3/c1-2-7-17-13(19)6-5-11(15(20)21)14(17)12-8-16-9-18(12)10-3-4-10/h8-11,14H,2-7H2,1H3,(H,20,21). The van der Waals surface area contributed by atoms with Gasteiger partial charge >= 0.3 is 5.97 Å². The van der Waals surface area contributed by atoms with Crippen molar-refractivity contribution >= 4 is 11.9 Å². The maximum Gasteiger partial charge on any atom is 0.309 e. The molecule has 2 atom stereocenters. The van der Waals surface area contributed by atoms with Crippen LogP contribution in [0.1, 0.15) is 56.8 Å². The van der Waals surface area contributed by atoms with Crippen LogP contribution in [-0.4, -0.2) is 38.0 Å². The number of hydrogen-bond donors (Lipinski definition) is 1. The number of aromatic nitrogens is 2. The third-order valence-corrected chi connectivity index (χ3v) is 4.43. The highest BCUT2D eigenvalue weighted by molar-refractivity contribution is 5.81. The van der Waals surface area contributed by atoms with Crippen LogP contribution < -0.4 is 0 Å². The first-order chi connectivity index (χ1) is 10.1. The second-order valence-corrected chi connectivity index (χ2v) is 5.97. The molecule has 2 heterocycles. The number of carboxylic acid groups (broad SMARTS) is 1. The lowest BCUT2D eigenvalue weighted by molar-refractivity contribution is -0.152. The van der Waals surface area contributed by atoms with Gasteiger partial charge < -0.3 is 14.6 Å². The number of piperidine rings is 1. The second kappa shape index (κ2) is 5.50. The molecular formula is C15H21N3O3. The largest absolute Gasteiger partial charge is 0.481 e. The van der Waals surface area contributed by atoms with Gasteiger partial charge in [0, 0.05) is 19.0 Å². The third-order valence-electron chi connectivity index (χ3n) is 4.43. The summed E-state index contributed by atoms with van der Waals surface area (Å²) in [5.74, 6) is -1.30. The van der Waals surface area contributed by atoms with Crippen LogP contribution in [0.3, 0.4) is 0 Å². The topological polar surface area (TPSA) is 75.4 Å². The minimum atomic E-state index is -0.822. The Balaban J connectivity index is 1.99. The first-order valence-corrected chi connectivity index (χ1v) is 7.67. The average Bonchev–Trinajstić information content (AvgIpc) is 3.19. The van der Waals surface area contributed by atoms with E-state index in [2.05, 4.69) is 9.55 Å². The summed E-state index contributed by atoms with van der Waals surface area (Å²) in [5, 5.41) is 9.56. The molecule has 1 saturated heterocycles. The van der Waals surface area contributed by atoms with Crippen molar-refractivity contribution in [3.8, 4) is 0 Å². The number of carbonyl (C=O) groups is 2. The van der Waals surface area contributed by atoms with Gasteiger partial charge in [-0.15, -0.1) is 0 Å². The highest BCUT2D eigenvalue weighted by Crippen LogP contribution is 2.42. The highest BCUT2D eigenvalue weighted by atomic mass is 16.4. The minimum Gasteiger partial charge on any atom is -0.481 e. The van der Waals surface area contributed by atoms with E-state index in [-0.39, 0.29) is 11.9 Å². The Morgan fingerprint density at radius 2 is 2.19 bits per heavy atom. The zero-order valence-electron chi connectivity index (χ0n) is 12.2. The lowest BCUT2D eigenvalue weighted by atomic mass is 9.86. The van der Waals surface area contributed by atoms with Gasteiger partial charge in [0.2, 0.25) is 5.91 Å². The van der Waals surface area contributed by atoms with Gasteiger partial charge in [-0.2, -0.15) is 0 Å². The fourth-order valence-electron chi connectivity index (χ4n) is 3.28. The van der Waals surface area contributed by atoms with E-state index in [1.54, 1.807) is 17.4 Å². The van der Waals surface area contributed by atoms with Gasteiger partial charge in [0.05, 0.1) is 30.2 Å². The van der Waals surface area contributed by atoms with Crippen LogP contribution in [0.2, 0.25) is 0 Å². The van der Waals surface area contributed by atoms with Gasteiger partial charge in [-0.25, -0.2) is 4.98 Å². The van der Waals surface area contributed by atoms with Crippen molar-refractivity contribution in [2.75, 3.05) is 6.54 Å². The molecule has 2 unspecified atom stereocenters. The zero-order valence-corrected chi connectivity index (χ0v) is 12.2. The molecule has 6 nitrogen and oxygen atoms in total. The van der Waals surface area contributed by atoms with Crippen molar-refractivity contribution in [1.82, 2.24) is 14.5 Å². The number of nitrogens with zero attached hydrogens (tertiary/aromatic N) is 3. The second-order valence-electron chi connectivity index (χ2n) is 5.97. The lowest BCUT2D eigenvalue weighted by Crippen LogP contribution is -2.46. The fourth-order valence-corrected chi connectivity index (χ4v) is 3.28. The highest BCUT2D eigenvalue weighted by Gasteiger charge is 2.43. The van der Waals surface area contributed by atoms with E-state index in [1.807, 2.05) is 6.92 Å². The summed E-state index contributed by atoms with van der Waals surface area (Å²) in [6.07, 6.45) is 7.28. The Morgan fingerprint density at radius 1 is 1.43 bits per heavy atom. The Bertz CT molecular complexity index is 550. The van der Waals surface area contributed by atoms with E-state index in [1.165, 1.54) is 0 Å². The first kappa shape index (κ1) is 14.1.